The third-order valence-electron chi connectivity index (χ3n) is 9.61. The highest BCUT2D eigenvalue weighted by atomic mass is 16.5. The lowest BCUT2D eigenvalue weighted by Gasteiger charge is -2.17. The maximum Gasteiger partial charge on any atom is 0.305 e. The number of aliphatic hydroxyl groups excluding tert-OH is 2. The third kappa shape index (κ3) is 4.63. The first-order valence-electron chi connectivity index (χ1n) is 15.3. The minimum absolute atomic E-state index is 0.00486. The van der Waals surface area contributed by atoms with E-state index in [2.05, 4.69) is 45.2 Å². The molecule has 0 amide bonds. The number of esters is 1. The molecule has 0 saturated carbocycles. The van der Waals surface area contributed by atoms with Gasteiger partial charge < -0.3 is 20.3 Å². The van der Waals surface area contributed by atoms with Gasteiger partial charge in [0.05, 0.1) is 47.4 Å². The van der Waals surface area contributed by atoms with Crippen LogP contribution >= 0.6 is 0 Å². The van der Waals surface area contributed by atoms with Crippen LogP contribution in [0.15, 0.2) is 106 Å². The van der Waals surface area contributed by atoms with E-state index in [1.807, 2.05) is 13.0 Å². The van der Waals surface area contributed by atoms with Crippen molar-refractivity contribution < 1.29 is 19.7 Å². The van der Waals surface area contributed by atoms with Crippen molar-refractivity contribution in [3.8, 4) is 0 Å². The third-order valence-corrected chi connectivity index (χ3v) is 9.61. The van der Waals surface area contributed by atoms with Gasteiger partial charge in [0.2, 0.25) is 0 Å². The molecule has 0 unspecified atom stereocenters. The molecule has 8 nitrogen and oxygen atoms in total. The maximum absolute atomic E-state index is 12.2. The summed E-state index contributed by atoms with van der Waals surface area (Å²) in [6.45, 7) is 12.2. The first-order chi connectivity index (χ1) is 20.6. The molecule has 3 atom stereocenters. The van der Waals surface area contributed by atoms with E-state index in [9.17, 15) is 15.0 Å². The van der Waals surface area contributed by atoms with E-state index in [1.54, 1.807) is 6.92 Å². The van der Waals surface area contributed by atoms with E-state index in [4.69, 9.17) is 19.7 Å². The monoisotopic (exact) mass is 580 g/mol. The maximum atomic E-state index is 12.2. The summed E-state index contributed by atoms with van der Waals surface area (Å²) in [5, 5.41) is 25.8. The highest BCUT2D eigenvalue weighted by Gasteiger charge is 2.41. The van der Waals surface area contributed by atoms with Crippen molar-refractivity contribution in [2.75, 3.05) is 7.11 Å². The van der Waals surface area contributed by atoms with E-state index in [-0.39, 0.29) is 24.2 Å². The lowest BCUT2D eigenvalue weighted by Crippen LogP contribution is -2.16. The van der Waals surface area contributed by atoms with Crippen molar-refractivity contribution in [3.05, 3.63) is 91.5 Å². The molecule has 1 saturated heterocycles. The Balaban J connectivity index is 1.61. The summed E-state index contributed by atoms with van der Waals surface area (Å²) in [4.78, 5) is 27.5. The van der Waals surface area contributed by atoms with Crippen LogP contribution in [0.2, 0.25) is 0 Å². The standard InChI is InChI=1S/C35H40N4O4/c1-8-20-16(3)24-14-29-32(19(6)40)18(5)26(37-29)13-25-17(4)22(10-11-31(42)43-7)34(38-25)23-12-30(41)33-21(9-2)28(39-35(23)33)15-27(20)36-24/h13-15,17,19,22,38,40-41H,8-12H2,1-7H3/t17-,19+,22-/m0/s1. The number of ether oxygens (including phenoxy) is 1. The molecule has 0 radical (unpaired) electrons. The van der Waals surface area contributed by atoms with Crippen molar-refractivity contribution in [3.63, 3.8) is 0 Å². The van der Waals surface area contributed by atoms with Crippen LogP contribution in [-0.2, 0) is 9.53 Å². The summed E-state index contributed by atoms with van der Waals surface area (Å²) in [5.41, 5.74) is 13.6. The predicted octanol–water partition coefficient (Wildman–Crippen LogP) is 6.38. The molecular formula is C35H40N4O4. The largest absolute Gasteiger partial charge is 0.511 e. The minimum Gasteiger partial charge on any atom is -0.511 e. The number of carbonyl (C=O) groups excluding carboxylic acids is 1. The van der Waals surface area contributed by atoms with Crippen LogP contribution in [0.5, 0.6) is 0 Å². The Bertz CT molecular complexity index is 1700. The number of aliphatic hydroxyl groups is 2. The molecule has 5 heterocycles. The second-order valence-corrected chi connectivity index (χ2v) is 12.0. The molecule has 1 fully saturated rings. The SMILES string of the molecule is CCC1=C2C=C3N=C(C=C4N=C(C=C5NC(=C6CC(O)=C1C6=N2)[C@@H](CCC(=O)OC)[C@@H]5C)C(C)=C4[C@@H](C)O)C(C)=C3CC. The first kappa shape index (κ1) is 29.1. The Hall–Kier alpha value is -4.04. The molecular weight excluding hydrogens is 540 g/mol. The van der Waals surface area contributed by atoms with Crippen LogP contribution in [0.4, 0.5) is 0 Å². The Morgan fingerprint density at radius 1 is 1.05 bits per heavy atom. The van der Waals surface area contributed by atoms with Crippen molar-refractivity contribution in [1.29, 1.82) is 0 Å². The highest BCUT2D eigenvalue weighted by molar-refractivity contribution is 6.21. The molecule has 8 bridgehead atoms. The summed E-state index contributed by atoms with van der Waals surface area (Å²) in [6.07, 6.45) is 8.21. The number of rotatable bonds is 6. The van der Waals surface area contributed by atoms with Gasteiger partial charge in [0, 0.05) is 52.8 Å². The number of fused-ring (bicyclic) bond motifs is 5. The fourth-order valence-corrected chi connectivity index (χ4v) is 7.27. The zero-order chi connectivity index (χ0) is 30.7. The van der Waals surface area contributed by atoms with E-state index in [0.29, 0.717) is 18.6 Å². The molecule has 6 rings (SSSR count). The quantitative estimate of drug-likeness (QED) is 0.315. The van der Waals surface area contributed by atoms with E-state index >= 15 is 0 Å². The van der Waals surface area contributed by atoms with E-state index in [1.165, 1.54) is 7.11 Å². The minimum atomic E-state index is -0.700. The van der Waals surface area contributed by atoms with E-state index < -0.39 is 6.10 Å². The van der Waals surface area contributed by atoms with Gasteiger partial charge in [-0.15, -0.1) is 0 Å². The fourth-order valence-electron chi connectivity index (χ4n) is 7.27. The molecule has 6 aliphatic rings. The van der Waals surface area contributed by atoms with Crippen LogP contribution in [0.25, 0.3) is 0 Å². The Labute approximate surface area is 253 Å². The van der Waals surface area contributed by atoms with Gasteiger partial charge in [0.1, 0.15) is 5.76 Å². The van der Waals surface area contributed by atoms with Crippen LogP contribution in [0.1, 0.15) is 73.6 Å². The summed E-state index contributed by atoms with van der Waals surface area (Å²) in [5.74, 6) is 0.128. The lowest BCUT2D eigenvalue weighted by molar-refractivity contribution is -0.140. The number of allylic oxidation sites excluding steroid dienone is 11. The lowest BCUT2D eigenvalue weighted by atomic mass is 9.86. The first-order valence-corrected chi connectivity index (χ1v) is 15.3. The van der Waals surface area contributed by atoms with Gasteiger partial charge in [-0.2, -0.15) is 0 Å². The number of aliphatic imine (C=N–C) groups is 3. The van der Waals surface area contributed by atoms with Crippen molar-refractivity contribution >= 4 is 23.1 Å². The fraction of sp³-hybridized carbons (Fsp3) is 0.429. The number of hydrogen-bond acceptors (Lipinski definition) is 8. The molecule has 1 aliphatic carbocycles. The predicted molar refractivity (Wildman–Crippen MR) is 170 cm³/mol. The molecule has 8 heteroatoms. The number of nitrogens with one attached hydrogen (secondary N) is 1. The van der Waals surface area contributed by atoms with Crippen LogP contribution < -0.4 is 5.32 Å². The topological polar surface area (TPSA) is 116 Å². The Kier molecular flexibility index (Phi) is 7.37. The zero-order valence-corrected chi connectivity index (χ0v) is 26.1. The summed E-state index contributed by atoms with van der Waals surface area (Å²) in [6, 6.07) is 0. The summed E-state index contributed by atoms with van der Waals surface area (Å²) >= 11 is 0. The molecule has 224 valence electrons. The van der Waals surface area contributed by atoms with Gasteiger partial charge in [-0.1, -0.05) is 20.8 Å². The summed E-state index contributed by atoms with van der Waals surface area (Å²) < 4.78 is 4.98. The van der Waals surface area contributed by atoms with Crippen molar-refractivity contribution in [2.24, 2.45) is 26.8 Å². The molecule has 0 aromatic heterocycles. The van der Waals surface area contributed by atoms with Crippen molar-refractivity contribution in [1.82, 2.24) is 5.32 Å². The van der Waals surface area contributed by atoms with Gasteiger partial charge >= 0.3 is 5.97 Å². The Morgan fingerprint density at radius 2 is 1.74 bits per heavy atom. The number of carbonyl (C=O) groups is 1. The van der Waals surface area contributed by atoms with Gasteiger partial charge in [0.15, 0.2) is 0 Å². The van der Waals surface area contributed by atoms with Crippen LogP contribution in [0, 0.1) is 11.8 Å². The molecule has 0 aromatic carbocycles. The number of methoxy groups -OCH3 is 1. The van der Waals surface area contributed by atoms with E-state index in [0.717, 1.165) is 97.5 Å². The van der Waals surface area contributed by atoms with Gasteiger partial charge in [-0.05, 0) is 80.6 Å². The van der Waals surface area contributed by atoms with Gasteiger partial charge in [-0.3, -0.25) is 4.79 Å². The second-order valence-electron chi connectivity index (χ2n) is 12.0. The average Bonchev–Trinajstić information content (AvgIpc) is 3.73. The highest BCUT2D eigenvalue weighted by Crippen LogP contribution is 2.47. The normalized spacial score (nSPS) is 25.2. The average molecular weight is 581 g/mol. The molecule has 0 spiro atoms. The molecule has 0 aromatic rings. The van der Waals surface area contributed by atoms with Gasteiger partial charge in [-0.25, -0.2) is 15.0 Å². The number of nitrogens with zero attached hydrogens (tertiary/aromatic N) is 3. The summed E-state index contributed by atoms with van der Waals surface area (Å²) in [7, 11) is 1.42. The van der Waals surface area contributed by atoms with Crippen LogP contribution in [0.3, 0.4) is 0 Å². The molecule has 5 aliphatic heterocycles. The molecule has 3 N–H and O–H groups in total. The van der Waals surface area contributed by atoms with Gasteiger partial charge in [0.25, 0.3) is 0 Å². The Morgan fingerprint density at radius 3 is 2.42 bits per heavy atom. The smallest absolute Gasteiger partial charge is 0.305 e. The van der Waals surface area contributed by atoms with Crippen molar-refractivity contribution in [2.45, 2.75) is 79.8 Å². The molecule has 43 heavy (non-hydrogen) atoms. The zero-order valence-electron chi connectivity index (χ0n) is 26.1. The number of hydrogen-bond donors (Lipinski definition) is 3. The van der Waals surface area contributed by atoms with Crippen LogP contribution in [-0.4, -0.2) is 46.5 Å². The second kappa shape index (κ2) is 10.9.